The zero-order valence-electron chi connectivity index (χ0n) is 16.5. The van der Waals surface area contributed by atoms with Gasteiger partial charge in [-0.25, -0.2) is 9.59 Å². The van der Waals surface area contributed by atoms with Crippen molar-refractivity contribution in [2.24, 2.45) is 0 Å². The van der Waals surface area contributed by atoms with Gasteiger partial charge in [0.1, 0.15) is 0 Å². The van der Waals surface area contributed by atoms with Gasteiger partial charge in [-0.15, -0.1) is 0 Å². The number of carbonyl (C=O) groups is 3. The lowest BCUT2D eigenvalue weighted by molar-refractivity contribution is -0.121. The van der Waals surface area contributed by atoms with Crippen molar-refractivity contribution < 1.29 is 23.9 Å². The summed E-state index contributed by atoms with van der Waals surface area (Å²) in [5, 5.41) is 5.65. The number of alkyl halides is 1. The van der Waals surface area contributed by atoms with Crippen molar-refractivity contribution in [1.29, 1.82) is 0 Å². The molecule has 156 valence electrons. The van der Waals surface area contributed by atoms with Crippen LogP contribution in [0.25, 0.3) is 0 Å². The Hall–Kier alpha value is -1.57. The molecule has 0 saturated heterocycles. The van der Waals surface area contributed by atoms with Gasteiger partial charge >= 0.3 is 12.2 Å². The first-order chi connectivity index (χ1) is 12.9. The third-order valence-electron chi connectivity index (χ3n) is 3.66. The zero-order valence-corrected chi connectivity index (χ0v) is 18.1. The maximum atomic E-state index is 11.8. The lowest BCUT2D eigenvalue weighted by Crippen LogP contribution is -2.37. The molecule has 0 spiro atoms. The molecule has 0 saturated carbocycles. The number of hydrogen-bond donors (Lipinski definition) is 2. The summed E-state index contributed by atoms with van der Waals surface area (Å²) < 4.78 is 10.0. The molecule has 0 rings (SSSR count). The molecule has 27 heavy (non-hydrogen) atoms. The fraction of sp³-hybridized carbons (Fsp3) is 0.737. The number of halogens is 1. The topological polar surface area (TPSA) is 93.7 Å². The Balaban J connectivity index is 4.13. The quantitative estimate of drug-likeness (QED) is 0.172. The SMILES string of the molecule is C=C(C)C(OC(=O)NCCCCCBr)OC(=O)NC(=O)CCCCCCC. The first-order valence-electron chi connectivity index (χ1n) is 9.57. The fourth-order valence-corrected chi connectivity index (χ4v) is 2.54. The Bertz CT molecular complexity index is 471. The molecule has 3 amide bonds. The second-order valence-electron chi connectivity index (χ2n) is 6.38. The van der Waals surface area contributed by atoms with Crippen LogP contribution in [0.5, 0.6) is 0 Å². The van der Waals surface area contributed by atoms with Gasteiger partial charge in [-0.1, -0.05) is 61.5 Å². The third kappa shape index (κ3) is 15.2. The van der Waals surface area contributed by atoms with E-state index in [1.54, 1.807) is 6.92 Å². The molecule has 0 radical (unpaired) electrons. The minimum absolute atomic E-state index is 0.256. The molecule has 0 aliphatic rings. The van der Waals surface area contributed by atoms with Crippen LogP contribution in [0.15, 0.2) is 12.2 Å². The molecular weight excluding hydrogens is 416 g/mol. The number of amides is 3. The summed E-state index contributed by atoms with van der Waals surface area (Å²) in [6.45, 7) is 7.79. The maximum Gasteiger partial charge on any atom is 0.417 e. The average molecular weight is 449 g/mol. The molecule has 8 heteroatoms. The van der Waals surface area contributed by atoms with E-state index < -0.39 is 24.4 Å². The number of carbonyl (C=O) groups excluding carboxylic acids is 3. The standard InChI is InChI=1S/C19H33BrN2O5/c1-4-5-6-7-9-12-16(23)22-19(25)27-17(15(2)3)26-18(24)21-14-11-8-10-13-20/h17H,2,4-14H2,1,3H3,(H,21,24)(H,22,23,25). The van der Waals surface area contributed by atoms with E-state index in [0.29, 0.717) is 12.1 Å². The minimum atomic E-state index is -1.25. The highest BCUT2D eigenvalue weighted by molar-refractivity contribution is 9.09. The van der Waals surface area contributed by atoms with Crippen molar-refractivity contribution in [1.82, 2.24) is 10.6 Å². The molecular formula is C19H33BrN2O5. The number of ether oxygens (including phenoxy) is 2. The van der Waals surface area contributed by atoms with Gasteiger partial charge in [0.15, 0.2) is 0 Å². The Morgan fingerprint density at radius 1 is 0.963 bits per heavy atom. The van der Waals surface area contributed by atoms with Crippen molar-refractivity contribution in [2.45, 2.75) is 77.9 Å². The number of alkyl carbamates (subject to hydrolysis) is 2. The van der Waals surface area contributed by atoms with E-state index in [0.717, 1.165) is 56.7 Å². The zero-order chi connectivity index (χ0) is 20.5. The minimum Gasteiger partial charge on any atom is -0.405 e. The van der Waals surface area contributed by atoms with Crippen molar-refractivity contribution in [3.63, 3.8) is 0 Å². The van der Waals surface area contributed by atoms with Gasteiger partial charge in [-0.2, -0.15) is 0 Å². The fourth-order valence-electron chi connectivity index (χ4n) is 2.14. The van der Waals surface area contributed by atoms with Crippen molar-refractivity contribution in [2.75, 3.05) is 11.9 Å². The van der Waals surface area contributed by atoms with Crippen molar-refractivity contribution >= 4 is 34.0 Å². The van der Waals surface area contributed by atoms with Gasteiger partial charge in [0.25, 0.3) is 6.29 Å². The van der Waals surface area contributed by atoms with Crippen LogP contribution in [-0.2, 0) is 14.3 Å². The smallest absolute Gasteiger partial charge is 0.405 e. The molecule has 0 bridgehead atoms. The van der Waals surface area contributed by atoms with Gasteiger partial charge in [0, 0.05) is 23.9 Å². The summed E-state index contributed by atoms with van der Waals surface area (Å²) in [5.41, 5.74) is 0.339. The van der Waals surface area contributed by atoms with E-state index in [-0.39, 0.29) is 6.42 Å². The summed E-state index contributed by atoms with van der Waals surface area (Å²) in [6, 6.07) is 0. The summed E-state index contributed by atoms with van der Waals surface area (Å²) in [7, 11) is 0. The van der Waals surface area contributed by atoms with Gasteiger partial charge in [-0.3, -0.25) is 10.1 Å². The summed E-state index contributed by atoms with van der Waals surface area (Å²) in [5.74, 6) is -0.409. The van der Waals surface area contributed by atoms with E-state index in [4.69, 9.17) is 9.47 Å². The molecule has 2 N–H and O–H groups in total. The Morgan fingerprint density at radius 3 is 2.22 bits per heavy atom. The Labute approximate surface area is 170 Å². The molecule has 0 aromatic heterocycles. The van der Waals surface area contributed by atoms with Gasteiger partial charge in [0.05, 0.1) is 0 Å². The number of rotatable bonds is 14. The molecule has 0 aliphatic heterocycles. The van der Waals surface area contributed by atoms with Crippen LogP contribution in [0, 0.1) is 0 Å². The lowest BCUT2D eigenvalue weighted by Gasteiger charge is -2.18. The van der Waals surface area contributed by atoms with E-state index in [1.165, 1.54) is 0 Å². The molecule has 1 atom stereocenters. The van der Waals surface area contributed by atoms with Gasteiger partial charge < -0.3 is 14.8 Å². The van der Waals surface area contributed by atoms with Crippen LogP contribution in [0.4, 0.5) is 9.59 Å². The monoisotopic (exact) mass is 448 g/mol. The average Bonchev–Trinajstić information content (AvgIpc) is 2.60. The Kier molecular flexibility index (Phi) is 15.6. The van der Waals surface area contributed by atoms with E-state index in [1.807, 2.05) is 0 Å². The maximum absolute atomic E-state index is 11.8. The highest BCUT2D eigenvalue weighted by Crippen LogP contribution is 2.08. The van der Waals surface area contributed by atoms with Crippen molar-refractivity contribution in [3.05, 3.63) is 12.2 Å². The predicted molar refractivity (Wildman–Crippen MR) is 109 cm³/mol. The number of nitrogens with one attached hydrogen (secondary N) is 2. The number of imide groups is 1. The highest BCUT2D eigenvalue weighted by Gasteiger charge is 2.21. The predicted octanol–water partition coefficient (Wildman–Crippen LogP) is 4.79. The molecule has 0 heterocycles. The number of unbranched alkanes of at least 4 members (excludes halogenated alkanes) is 6. The summed E-state index contributed by atoms with van der Waals surface area (Å²) in [6.07, 6.45) is 5.21. The summed E-state index contributed by atoms with van der Waals surface area (Å²) >= 11 is 3.34. The van der Waals surface area contributed by atoms with Gasteiger partial charge in [-0.05, 0) is 26.2 Å². The Morgan fingerprint density at radius 2 is 1.59 bits per heavy atom. The molecule has 1 unspecified atom stereocenters. The van der Waals surface area contributed by atoms with E-state index in [2.05, 4.69) is 40.1 Å². The second kappa shape index (κ2) is 16.6. The first-order valence-corrected chi connectivity index (χ1v) is 10.7. The molecule has 0 aromatic rings. The molecule has 0 aliphatic carbocycles. The van der Waals surface area contributed by atoms with E-state index >= 15 is 0 Å². The lowest BCUT2D eigenvalue weighted by atomic mass is 10.1. The third-order valence-corrected chi connectivity index (χ3v) is 4.22. The van der Waals surface area contributed by atoms with Crippen LogP contribution in [0.1, 0.15) is 71.6 Å². The van der Waals surface area contributed by atoms with Crippen LogP contribution in [0.3, 0.4) is 0 Å². The molecule has 7 nitrogen and oxygen atoms in total. The van der Waals surface area contributed by atoms with Gasteiger partial charge in [0.2, 0.25) is 5.91 Å². The normalized spacial score (nSPS) is 11.4. The summed E-state index contributed by atoms with van der Waals surface area (Å²) in [4.78, 5) is 35.3. The van der Waals surface area contributed by atoms with Crippen LogP contribution >= 0.6 is 15.9 Å². The molecule has 0 fully saturated rings. The first kappa shape index (κ1) is 25.4. The molecule has 0 aromatic carbocycles. The van der Waals surface area contributed by atoms with Crippen LogP contribution in [-0.4, -0.2) is 36.3 Å². The number of hydrogen-bond acceptors (Lipinski definition) is 5. The van der Waals surface area contributed by atoms with E-state index in [9.17, 15) is 14.4 Å². The second-order valence-corrected chi connectivity index (χ2v) is 7.17. The van der Waals surface area contributed by atoms with Crippen LogP contribution < -0.4 is 10.6 Å². The van der Waals surface area contributed by atoms with Crippen molar-refractivity contribution in [3.8, 4) is 0 Å². The highest BCUT2D eigenvalue weighted by atomic mass is 79.9. The largest absolute Gasteiger partial charge is 0.417 e. The van der Waals surface area contributed by atoms with Crippen LogP contribution in [0.2, 0.25) is 0 Å².